The van der Waals surface area contributed by atoms with Gasteiger partial charge in [0.15, 0.2) is 10.1 Å². The van der Waals surface area contributed by atoms with E-state index in [2.05, 4.69) is 10.2 Å². The molecule has 0 saturated carbocycles. The van der Waals surface area contributed by atoms with E-state index in [0.717, 1.165) is 19.8 Å². The minimum Gasteiger partial charge on any atom is -0.294 e. The summed E-state index contributed by atoms with van der Waals surface area (Å²) in [4.78, 5) is 12.5. The molecule has 1 aromatic heterocycles. The highest BCUT2D eigenvalue weighted by Gasteiger charge is 2.05. The highest BCUT2D eigenvalue weighted by molar-refractivity contribution is 8.01. The minimum absolute atomic E-state index is 0.174. The number of benzene rings is 1. The molecule has 0 atom stereocenters. The number of hydrogen-bond acceptors (Lipinski definition) is 5. The summed E-state index contributed by atoms with van der Waals surface area (Å²) in [5.41, 5.74) is 0.769. The third kappa shape index (κ3) is 3.14. The van der Waals surface area contributed by atoms with Gasteiger partial charge in [-0.05, 0) is 19.1 Å². The van der Waals surface area contributed by atoms with Crippen LogP contribution in [0, 0.1) is 6.92 Å². The van der Waals surface area contributed by atoms with Crippen molar-refractivity contribution >= 4 is 28.9 Å². The molecule has 0 bridgehead atoms. The molecule has 5 heteroatoms. The number of carbonyl (C=O) groups excluding carboxylic acids is 1. The molecule has 0 amide bonds. The first kappa shape index (κ1) is 12.3. The van der Waals surface area contributed by atoms with Crippen molar-refractivity contribution in [3.63, 3.8) is 0 Å². The lowest BCUT2D eigenvalue weighted by Gasteiger charge is -2.00. The number of nitrogens with zero attached hydrogens (tertiary/aromatic N) is 2. The van der Waals surface area contributed by atoms with Crippen LogP contribution in [0.5, 0.6) is 0 Å². The van der Waals surface area contributed by atoms with Crippen LogP contribution in [0.1, 0.15) is 28.7 Å². The minimum atomic E-state index is 0.174. The number of aryl methyl sites for hydroxylation is 1. The molecule has 0 aliphatic heterocycles. The van der Waals surface area contributed by atoms with Gasteiger partial charge in [-0.2, -0.15) is 0 Å². The first-order valence-electron chi connectivity index (χ1n) is 5.30. The fourth-order valence-electron chi connectivity index (χ4n) is 1.33. The molecule has 0 N–H and O–H groups in total. The van der Waals surface area contributed by atoms with Crippen LogP contribution in [0.4, 0.5) is 0 Å². The van der Waals surface area contributed by atoms with Gasteiger partial charge in [-0.1, -0.05) is 42.2 Å². The molecular formula is C12H12N2OS2. The lowest BCUT2D eigenvalue weighted by Crippen LogP contribution is -1.95. The Morgan fingerprint density at radius 3 is 2.53 bits per heavy atom. The average molecular weight is 264 g/mol. The van der Waals surface area contributed by atoms with Crippen LogP contribution in [0.25, 0.3) is 0 Å². The van der Waals surface area contributed by atoms with E-state index in [4.69, 9.17) is 0 Å². The van der Waals surface area contributed by atoms with E-state index >= 15 is 0 Å². The predicted octanol–water partition coefficient (Wildman–Crippen LogP) is 3.59. The molecule has 1 aromatic carbocycles. The Hall–Kier alpha value is -1.20. The monoisotopic (exact) mass is 264 g/mol. The van der Waals surface area contributed by atoms with Crippen molar-refractivity contribution < 1.29 is 4.79 Å². The molecule has 17 heavy (non-hydrogen) atoms. The van der Waals surface area contributed by atoms with Crippen LogP contribution in [0.15, 0.2) is 33.5 Å². The summed E-state index contributed by atoms with van der Waals surface area (Å²) in [5, 5.41) is 8.98. The molecule has 1 heterocycles. The molecule has 2 rings (SSSR count). The Kier molecular flexibility index (Phi) is 3.91. The molecule has 0 aliphatic rings. The number of ketones is 1. The summed E-state index contributed by atoms with van der Waals surface area (Å²) in [6, 6.07) is 7.62. The number of hydrogen-bond donors (Lipinski definition) is 0. The van der Waals surface area contributed by atoms with Gasteiger partial charge in [-0.3, -0.25) is 4.79 Å². The van der Waals surface area contributed by atoms with Gasteiger partial charge >= 0.3 is 0 Å². The van der Waals surface area contributed by atoms with Crippen molar-refractivity contribution in [1.29, 1.82) is 0 Å². The van der Waals surface area contributed by atoms with E-state index in [9.17, 15) is 4.79 Å². The standard InChI is InChI=1S/C12H12N2OS2/c1-3-11(15)9-4-6-10(7-5-9)17-12-14-13-8(2)16-12/h4-7H,3H2,1-2H3. The van der Waals surface area contributed by atoms with E-state index in [1.165, 1.54) is 0 Å². The smallest absolute Gasteiger partial charge is 0.179 e. The molecule has 88 valence electrons. The molecule has 0 spiro atoms. The van der Waals surface area contributed by atoms with Crippen LogP contribution in [0.3, 0.4) is 0 Å². The van der Waals surface area contributed by atoms with Crippen LogP contribution in [-0.2, 0) is 0 Å². The lowest BCUT2D eigenvalue weighted by atomic mass is 10.1. The summed E-state index contributed by atoms with van der Waals surface area (Å²) in [6.07, 6.45) is 0.544. The van der Waals surface area contributed by atoms with Crippen LogP contribution >= 0.6 is 23.1 Å². The summed E-state index contributed by atoms with van der Waals surface area (Å²) in [7, 11) is 0. The van der Waals surface area contributed by atoms with Gasteiger partial charge in [0.25, 0.3) is 0 Å². The van der Waals surface area contributed by atoms with Gasteiger partial charge in [0, 0.05) is 16.9 Å². The summed E-state index contributed by atoms with van der Waals surface area (Å²) in [6.45, 7) is 3.81. The van der Waals surface area contributed by atoms with E-state index in [-0.39, 0.29) is 5.78 Å². The van der Waals surface area contributed by atoms with Gasteiger partial charge in [-0.25, -0.2) is 0 Å². The van der Waals surface area contributed by atoms with E-state index in [0.29, 0.717) is 6.42 Å². The fraction of sp³-hybridized carbons (Fsp3) is 0.250. The Morgan fingerprint density at radius 1 is 1.29 bits per heavy atom. The third-order valence-electron chi connectivity index (χ3n) is 2.21. The number of carbonyl (C=O) groups is 1. The van der Waals surface area contributed by atoms with Crippen molar-refractivity contribution in [2.45, 2.75) is 29.5 Å². The highest BCUT2D eigenvalue weighted by atomic mass is 32.2. The highest BCUT2D eigenvalue weighted by Crippen LogP contribution is 2.29. The Bertz CT molecular complexity index is 520. The number of rotatable bonds is 4. The van der Waals surface area contributed by atoms with Gasteiger partial charge in [0.1, 0.15) is 5.01 Å². The van der Waals surface area contributed by atoms with Crippen molar-refractivity contribution in [1.82, 2.24) is 10.2 Å². The number of Topliss-reactive ketones (excluding diaryl/α,β-unsaturated/α-hetero) is 1. The van der Waals surface area contributed by atoms with Gasteiger partial charge < -0.3 is 0 Å². The predicted molar refractivity (Wildman–Crippen MR) is 69.8 cm³/mol. The van der Waals surface area contributed by atoms with Crippen molar-refractivity contribution in [3.05, 3.63) is 34.8 Å². The maximum atomic E-state index is 11.5. The van der Waals surface area contributed by atoms with Crippen LogP contribution < -0.4 is 0 Å². The largest absolute Gasteiger partial charge is 0.294 e. The first-order valence-corrected chi connectivity index (χ1v) is 6.93. The number of aromatic nitrogens is 2. The van der Waals surface area contributed by atoms with Crippen molar-refractivity contribution in [3.8, 4) is 0 Å². The van der Waals surface area contributed by atoms with Crippen molar-refractivity contribution in [2.75, 3.05) is 0 Å². The van der Waals surface area contributed by atoms with Crippen LogP contribution in [-0.4, -0.2) is 16.0 Å². The summed E-state index contributed by atoms with van der Waals surface area (Å²) < 4.78 is 0.928. The van der Waals surface area contributed by atoms with Gasteiger partial charge in [-0.15, -0.1) is 10.2 Å². The molecule has 0 saturated heterocycles. The van der Waals surface area contributed by atoms with Crippen LogP contribution in [0.2, 0.25) is 0 Å². The third-order valence-corrected chi connectivity index (χ3v) is 4.11. The quantitative estimate of drug-likeness (QED) is 0.791. The fourth-order valence-corrected chi connectivity index (χ4v) is 3.12. The SMILES string of the molecule is CCC(=O)c1ccc(Sc2nnc(C)s2)cc1. The normalized spacial score (nSPS) is 10.5. The molecule has 0 radical (unpaired) electrons. The van der Waals surface area contributed by atoms with Gasteiger partial charge in [0.05, 0.1) is 0 Å². The molecule has 0 unspecified atom stereocenters. The molecule has 2 aromatic rings. The molecular weight excluding hydrogens is 252 g/mol. The van der Waals surface area contributed by atoms with E-state index in [1.54, 1.807) is 23.1 Å². The van der Waals surface area contributed by atoms with E-state index < -0.39 is 0 Å². The molecule has 3 nitrogen and oxygen atoms in total. The average Bonchev–Trinajstić information content (AvgIpc) is 2.75. The second kappa shape index (κ2) is 5.42. The molecule has 0 fully saturated rings. The maximum Gasteiger partial charge on any atom is 0.179 e. The molecule has 0 aliphatic carbocycles. The van der Waals surface area contributed by atoms with E-state index in [1.807, 2.05) is 38.1 Å². The summed E-state index contributed by atoms with van der Waals surface area (Å²) in [5.74, 6) is 0.174. The maximum absolute atomic E-state index is 11.5. The second-order valence-electron chi connectivity index (χ2n) is 3.49. The second-order valence-corrected chi connectivity index (χ2v) is 5.99. The van der Waals surface area contributed by atoms with Gasteiger partial charge in [0.2, 0.25) is 0 Å². The lowest BCUT2D eigenvalue weighted by molar-refractivity contribution is 0.0988. The Balaban J connectivity index is 2.10. The Labute approximate surface area is 108 Å². The zero-order chi connectivity index (χ0) is 12.3. The Morgan fingerprint density at radius 2 is 2.00 bits per heavy atom. The van der Waals surface area contributed by atoms with Crippen molar-refractivity contribution in [2.24, 2.45) is 0 Å². The topological polar surface area (TPSA) is 42.9 Å². The first-order chi connectivity index (χ1) is 8.19. The zero-order valence-electron chi connectivity index (χ0n) is 9.64. The zero-order valence-corrected chi connectivity index (χ0v) is 11.3. The summed E-state index contributed by atoms with van der Waals surface area (Å²) >= 11 is 3.14.